The molecule has 0 aromatic heterocycles. The van der Waals surface area contributed by atoms with E-state index in [0.29, 0.717) is 31.3 Å². The van der Waals surface area contributed by atoms with E-state index < -0.39 is 5.41 Å². The molecule has 2 N–H and O–H groups in total. The Morgan fingerprint density at radius 3 is 2.53 bits per heavy atom. The summed E-state index contributed by atoms with van der Waals surface area (Å²) in [4.78, 5) is 24.5. The predicted molar refractivity (Wildman–Crippen MR) is 61.6 cm³/mol. The van der Waals surface area contributed by atoms with Crippen LogP contribution in [0.4, 0.5) is 0 Å². The van der Waals surface area contributed by atoms with Gasteiger partial charge < -0.3 is 5.73 Å². The summed E-state index contributed by atoms with van der Waals surface area (Å²) in [5.74, 6) is -0.121. The number of nitrogens with zero attached hydrogens (tertiary/aromatic N) is 1. The van der Waals surface area contributed by atoms with Gasteiger partial charge in [-0.25, -0.2) is 0 Å². The van der Waals surface area contributed by atoms with Crippen LogP contribution in [0.15, 0.2) is 11.3 Å². The number of ketones is 2. The molecular weight excluding hydrogens is 216 g/mol. The van der Waals surface area contributed by atoms with E-state index >= 15 is 0 Å². The number of carbonyl (C=O) groups is 2. The number of carbonyl (C=O) groups excluding carboxylic acids is 2. The quantitative estimate of drug-likeness (QED) is 0.390. The highest BCUT2D eigenvalue weighted by Crippen LogP contribution is 2.44. The Labute approximate surface area is 100 Å². The van der Waals surface area contributed by atoms with Crippen LogP contribution >= 0.6 is 0 Å². The molecule has 0 aromatic rings. The third-order valence-corrected chi connectivity index (χ3v) is 3.98. The number of rotatable bonds is 0. The summed E-state index contributed by atoms with van der Waals surface area (Å²) in [6, 6.07) is 1.83. The highest BCUT2D eigenvalue weighted by Gasteiger charge is 2.49. The zero-order chi connectivity index (χ0) is 12.5. The molecule has 0 aromatic carbocycles. The zero-order valence-corrected chi connectivity index (χ0v) is 9.79. The zero-order valence-electron chi connectivity index (χ0n) is 9.79. The summed E-state index contributed by atoms with van der Waals surface area (Å²) < 4.78 is 0. The minimum absolute atomic E-state index is 0.00699. The van der Waals surface area contributed by atoms with Crippen LogP contribution in [0, 0.1) is 16.7 Å². The molecule has 90 valence electrons. The number of nitriles is 1. The van der Waals surface area contributed by atoms with E-state index in [9.17, 15) is 9.59 Å². The lowest BCUT2D eigenvalue weighted by atomic mass is 9.62. The third kappa shape index (κ3) is 1.76. The first-order valence-electron chi connectivity index (χ1n) is 6.08. The standard InChI is InChI=1S/C13H16N2O2/c14-8-10(15)9-4-3-7-13(12(9)17)6-2-1-5-11(13)16/h1-7,15H2/b10-9-/t13-/m1/s1. The summed E-state index contributed by atoms with van der Waals surface area (Å²) in [5.41, 5.74) is 5.10. The van der Waals surface area contributed by atoms with Gasteiger partial charge >= 0.3 is 0 Å². The number of nitrogens with two attached hydrogens (primary N) is 1. The van der Waals surface area contributed by atoms with Crippen molar-refractivity contribution in [3.8, 4) is 6.07 Å². The third-order valence-electron chi connectivity index (χ3n) is 3.98. The van der Waals surface area contributed by atoms with Crippen LogP contribution in [0.2, 0.25) is 0 Å². The van der Waals surface area contributed by atoms with Gasteiger partial charge in [0.25, 0.3) is 0 Å². The van der Waals surface area contributed by atoms with Gasteiger partial charge in [-0.1, -0.05) is 6.42 Å². The van der Waals surface area contributed by atoms with Crippen LogP contribution < -0.4 is 5.73 Å². The molecule has 4 heteroatoms. The maximum atomic E-state index is 12.4. The monoisotopic (exact) mass is 232 g/mol. The van der Waals surface area contributed by atoms with E-state index in [2.05, 4.69) is 0 Å². The van der Waals surface area contributed by atoms with Gasteiger partial charge in [0, 0.05) is 12.0 Å². The number of Topliss-reactive ketones (excluding diaryl/α,β-unsaturated/α-hetero) is 2. The first kappa shape index (κ1) is 11.8. The van der Waals surface area contributed by atoms with Gasteiger partial charge in [-0.3, -0.25) is 9.59 Å². The summed E-state index contributed by atoms with van der Waals surface area (Å²) in [5, 5.41) is 8.79. The van der Waals surface area contributed by atoms with Crippen molar-refractivity contribution < 1.29 is 9.59 Å². The first-order chi connectivity index (χ1) is 8.12. The summed E-state index contributed by atoms with van der Waals surface area (Å²) in [6.45, 7) is 0. The molecule has 1 spiro atoms. The molecule has 0 radical (unpaired) electrons. The topological polar surface area (TPSA) is 83.9 Å². The van der Waals surface area contributed by atoms with E-state index in [-0.39, 0.29) is 17.3 Å². The molecule has 2 saturated carbocycles. The molecule has 2 fully saturated rings. The van der Waals surface area contributed by atoms with Crippen LogP contribution in [-0.4, -0.2) is 11.6 Å². The van der Waals surface area contributed by atoms with Gasteiger partial charge in [0.15, 0.2) is 5.78 Å². The smallest absolute Gasteiger partial charge is 0.175 e. The maximum Gasteiger partial charge on any atom is 0.175 e. The maximum absolute atomic E-state index is 12.4. The second-order valence-corrected chi connectivity index (χ2v) is 4.90. The Kier molecular flexibility index (Phi) is 3.01. The van der Waals surface area contributed by atoms with E-state index in [0.717, 1.165) is 19.3 Å². The fraction of sp³-hybridized carbons (Fsp3) is 0.615. The fourth-order valence-corrected chi connectivity index (χ4v) is 3.00. The van der Waals surface area contributed by atoms with Gasteiger partial charge in [-0.2, -0.15) is 5.26 Å². The van der Waals surface area contributed by atoms with Gasteiger partial charge in [0.2, 0.25) is 0 Å². The summed E-state index contributed by atoms with van der Waals surface area (Å²) in [7, 11) is 0. The molecule has 0 heterocycles. The SMILES string of the molecule is N#C/C(N)=C1\CCC[C@@]2(CCCCC2=O)C1=O. The molecule has 1 atom stereocenters. The van der Waals surface area contributed by atoms with Crippen molar-refractivity contribution in [1.82, 2.24) is 0 Å². The second-order valence-electron chi connectivity index (χ2n) is 4.90. The van der Waals surface area contributed by atoms with Crippen molar-refractivity contribution in [3.63, 3.8) is 0 Å². The van der Waals surface area contributed by atoms with E-state index in [1.165, 1.54) is 0 Å². The van der Waals surface area contributed by atoms with E-state index in [1.54, 1.807) is 0 Å². The Morgan fingerprint density at radius 2 is 1.88 bits per heavy atom. The summed E-state index contributed by atoms with van der Waals surface area (Å²) >= 11 is 0. The Morgan fingerprint density at radius 1 is 1.18 bits per heavy atom. The molecule has 2 aliphatic carbocycles. The second kappa shape index (κ2) is 4.33. The highest BCUT2D eigenvalue weighted by molar-refractivity contribution is 6.15. The van der Waals surface area contributed by atoms with Crippen molar-refractivity contribution in [3.05, 3.63) is 11.3 Å². The van der Waals surface area contributed by atoms with Gasteiger partial charge in [0.05, 0.1) is 5.41 Å². The van der Waals surface area contributed by atoms with Crippen LogP contribution in [0.5, 0.6) is 0 Å². The molecule has 2 aliphatic rings. The lowest BCUT2D eigenvalue weighted by Crippen LogP contribution is -2.45. The van der Waals surface area contributed by atoms with E-state index in [1.807, 2.05) is 6.07 Å². The molecule has 0 amide bonds. The van der Waals surface area contributed by atoms with Crippen molar-refractivity contribution in [2.75, 3.05) is 0 Å². The Balaban J connectivity index is 2.40. The van der Waals surface area contributed by atoms with Crippen molar-refractivity contribution in [1.29, 1.82) is 5.26 Å². The Hall–Kier alpha value is -1.63. The van der Waals surface area contributed by atoms with Gasteiger partial charge in [-0.05, 0) is 32.1 Å². The van der Waals surface area contributed by atoms with Crippen LogP contribution in [-0.2, 0) is 9.59 Å². The minimum Gasteiger partial charge on any atom is -0.390 e. The number of allylic oxidation sites excluding steroid dienone is 2. The minimum atomic E-state index is -0.840. The lowest BCUT2D eigenvalue weighted by molar-refractivity contribution is -0.143. The van der Waals surface area contributed by atoms with Crippen LogP contribution in [0.25, 0.3) is 0 Å². The molecule has 0 unspecified atom stereocenters. The highest BCUT2D eigenvalue weighted by atomic mass is 16.2. The first-order valence-corrected chi connectivity index (χ1v) is 6.08. The lowest BCUT2D eigenvalue weighted by Gasteiger charge is -2.38. The van der Waals surface area contributed by atoms with Crippen molar-refractivity contribution in [2.24, 2.45) is 11.1 Å². The average Bonchev–Trinajstić information content (AvgIpc) is 2.35. The van der Waals surface area contributed by atoms with E-state index in [4.69, 9.17) is 11.0 Å². The number of hydrogen-bond donors (Lipinski definition) is 1. The molecule has 0 saturated heterocycles. The molecule has 0 bridgehead atoms. The summed E-state index contributed by atoms with van der Waals surface area (Å²) in [6.07, 6.45) is 4.85. The Bertz CT molecular complexity index is 441. The molecule has 2 rings (SSSR count). The number of hydrogen-bond acceptors (Lipinski definition) is 4. The molecule has 17 heavy (non-hydrogen) atoms. The fourth-order valence-electron chi connectivity index (χ4n) is 3.00. The van der Waals surface area contributed by atoms with Gasteiger partial charge in [-0.15, -0.1) is 0 Å². The van der Waals surface area contributed by atoms with Gasteiger partial charge in [0.1, 0.15) is 17.5 Å². The average molecular weight is 232 g/mol. The van der Waals surface area contributed by atoms with Crippen molar-refractivity contribution in [2.45, 2.75) is 44.9 Å². The van der Waals surface area contributed by atoms with Crippen LogP contribution in [0.3, 0.4) is 0 Å². The largest absolute Gasteiger partial charge is 0.390 e. The molecule has 4 nitrogen and oxygen atoms in total. The normalized spacial score (nSPS) is 32.4. The van der Waals surface area contributed by atoms with Crippen LogP contribution in [0.1, 0.15) is 44.9 Å². The van der Waals surface area contributed by atoms with Crippen molar-refractivity contribution >= 4 is 11.6 Å². The molecular formula is C13H16N2O2. The predicted octanol–water partition coefficient (Wildman–Crippen LogP) is 1.61. The molecule has 0 aliphatic heterocycles.